The molecule has 98 valence electrons. The molecule has 2 rings (SSSR count). The van der Waals surface area contributed by atoms with E-state index in [0.29, 0.717) is 12.0 Å². The van der Waals surface area contributed by atoms with Crippen LogP contribution in [0.4, 0.5) is 8.78 Å². The van der Waals surface area contributed by atoms with Gasteiger partial charge in [-0.2, -0.15) is 0 Å². The monoisotopic (exact) mass is 254 g/mol. The van der Waals surface area contributed by atoms with Crippen molar-refractivity contribution in [3.05, 3.63) is 34.9 Å². The zero-order chi connectivity index (χ0) is 13.3. The van der Waals surface area contributed by atoms with Gasteiger partial charge in [0, 0.05) is 5.92 Å². The van der Waals surface area contributed by atoms with Gasteiger partial charge >= 0.3 is 5.97 Å². The van der Waals surface area contributed by atoms with E-state index < -0.39 is 23.5 Å². The van der Waals surface area contributed by atoms with Gasteiger partial charge in [-0.25, -0.2) is 8.78 Å². The van der Waals surface area contributed by atoms with Gasteiger partial charge in [-0.3, -0.25) is 4.79 Å². The van der Waals surface area contributed by atoms with Crippen molar-refractivity contribution in [2.24, 2.45) is 5.92 Å². The molecule has 1 unspecified atom stereocenters. The normalized spacial score (nSPS) is 16.6. The molecule has 2 nitrogen and oxygen atoms in total. The zero-order valence-electron chi connectivity index (χ0n) is 10.2. The number of carbonyl (C=O) groups is 1. The summed E-state index contributed by atoms with van der Waals surface area (Å²) in [6.07, 6.45) is 2.27. The lowest BCUT2D eigenvalue weighted by molar-refractivity contribution is -0.137. The van der Waals surface area contributed by atoms with Crippen LogP contribution in [0.2, 0.25) is 0 Å². The van der Waals surface area contributed by atoms with Crippen molar-refractivity contribution in [1.82, 2.24) is 0 Å². The van der Waals surface area contributed by atoms with E-state index in [0.717, 1.165) is 12.8 Å². The smallest absolute Gasteiger partial charge is 0.303 e. The van der Waals surface area contributed by atoms with Crippen LogP contribution in [0, 0.1) is 17.6 Å². The fourth-order valence-electron chi connectivity index (χ4n) is 2.36. The van der Waals surface area contributed by atoms with Gasteiger partial charge in [-0.1, -0.05) is 13.0 Å². The lowest BCUT2D eigenvalue weighted by Gasteiger charge is -2.17. The molecule has 1 aliphatic carbocycles. The summed E-state index contributed by atoms with van der Waals surface area (Å²) in [7, 11) is 0. The predicted molar refractivity (Wildman–Crippen MR) is 63.5 cm³/mol. The van der Waals surface area contributed by atoms with E-state index in [1.807, 2.05) is 6.92 Å². The van der Waals surface area contributed by atoms with Gasteiger partial charge in [0.25, 0.3) is 0 Å². The summed E-state index contributed by atoms with van der Waals surface area (Å²) in [6, 6.07) is 2.80. The number of carboxylic acids is 1. The molecule has 18 heavy (non-hydrogen) atoms. The Morgan fingerprint density at radius 1 is 1.44 bits per heavy atom. The number of aryl methyl sites for hydroxylation is 1. The Labute approximate surface area is 105 Å². The Balaban J connectivity index is 2.39. The molecule has 4 heteroatoms. The molecule has 1 aromatic carbocycles. The highest BCUT2D eigenvalue weighted by Crippen LogP contribution is 2.45. The number of carboxylic acid groups (broad SMARTS) is 1. The summed E-state index contributed by atoms with van der Waals surface area (Å²) >= 11 is 0. The SMILES string of the molecule is CCc1cc(F)c(F)c(C(CC(=O)O)C2CC2)c1. The minimum atomic E-state index is -0.964. The molecule has 0 aromatic heterocycles. The molecular formula is C14H16F2O2. The third-order valence-electron chi connectivity index (χ3n) is 3.51. The van der Waals surface area contributed by atoms with Crippen LogP contribution in [0.1, 0.15) is 43.2 Å². The average molecular weight is 254 g/mol. The number of benzene rings is 1. The maximum absolute atomic E-state index is 13.8. The van der Waals surface area contributed by atoms with Gasteiger partial charge in [0.15, 0.2) is 11.6 Å². The van der Waals surface area contributed by atoms with Crippen molar-refractivity contribution in [1.29, 1.82) is 0 Å². The van der Waals surface area contributed by atoms with E-state index in [1.54, 1.807) is 6.07 Å². The van der Waals surface area contributed by atoms with Gasteiger partial charge in [-0.05, 0) is 42.4 Å². The fourth-order valence-corrected chi connectivity index (χ4v) is 2.36. The Hall–Kier alpha value is -1.45. The molecule has 1 N–H and O–H groups in total. The van der Waals surface area contributed by atoms with Crippen molar-refractivity contribution < 1.29 is 18.7 Å². The minimum absolute atomic E-state index is 0.131. The molecule has 0 amide bonds. The molecule has 0 radical (unpaired) electrons. The lowest BCUT2D eigenvalue weighted by Crippen LogP contribution is -2.11. The summed E-state index contributed by atoms with van der Waals surface area (Å²) in [6.45, 7) is 1.86. The summed E-state index contributed by atoms with van der Waals surface area (Å²) in [4.78, 5) is 10.8. The molecule has 0 aliphatic heterocycles. The van der Waals surface area contributed by atoms with Crippen molar-refractivity contribution in [3.8, 4) is 0 Å². The zero-order valence-corrected chi connectivity index (χ0v) is 10.2. The standard InChI is InChI=1S/C14H16F2O2/c1-2-8-5-11(14(16)12(15)6-8)10(7-13(17)18)9-3-4-9/h5-6,9-10H,2-4,7H2,1H3,(H,17,18). The van der Waals surface area contributed by atoms with Crippen LogP contribution in [0.3, 0.4) is 0 Å². The fraction of sp³-hybridized carbons (Fsp3) is 0.500. The summed E-state index contributed by atoms with van der Waals surface area (Å²) in [5.41, 5.74) is 0.941. The van der Waals surface area contributed by atoms with Gasteiger partial charge in [0.1, 0.15) is 0 Å². The second-order valence-electron chi connectivity index (χ2n) is 4.88. The Morgan fingerprint density at radius 2 is 2.11 bits per heavy atom. The maximum atomic E-state index is 13.8. The second kappa shape index (κ2) is 5.04. The molecule has 0 heterocycles. The van der Waals surface area contributed by atoms with Crippen LogP contribution in [-0.4, -0.2) is 11.1 Å². The molecule has 0 bridgehead atoms. The third kappa shape index (κ3) is 2.68. The van der Waals surface area contributed by atoms with Gasteiger partial charge in [-0.15, -0.1) is 0 Å². The van der Waals surface area contributed by atoms with Crippen LogP contribution in [-0.2, 0) is 11.2 Å². The first-order valence-corrected chi connectivity index (χ1v) is 6.22. The minimum Gasteiger partial charge on any atom is -0.481 e. The van der Waals surface area contributed by atoms with E-state index >= 15 is 0 Å². The summed E-state index contributed by atoms with van der Waals surface area (Å²) in [5.74, 6) is -2.94. The van der Waals surface area contributed by atoms with Gasteiger partial charge < -0.3 is 5.11 Å². The van der Waals surface area contributed by atoms with Crippen LogP contribution in [0.25, 0.3) is 0 Å². The second-order valence-corrected chi connectivity index (χ2v) is 4.88. The number of hydrogen-bond acceptors (Lipinski definition) is 1. The molecule has 0 spiro atoms. The molecule has 1 atom stereocenters. The molecular weight excluding hydrogens is 238 g/mol. The molecule has 1 saturated carbocycles. The van der Waals surface area contributed by atoms with E-state index in [1.165, 1.54) is 6.07 Å². The molecule has 1 fully saturated rings. The highest BCUT2D eigenvalue weighted by atomic mass is 19.2. The highest BCUT2D eigenvalue weighted by molar-refractivity contribution is 5.68. The van der Waals surface area contributed by atoms with Crippen LogP contribution < -0.4 is 0 Å². The predicted octanol–water partition coefficient (Wildman–Crippen LogP) is 3.50. The Bertz CT molecular complexity index is 467. The van der Waals surface area contributed by atoms with Crippen molar-refractivity contribution in [2.45, 2.75) is 38.5 Å². The summed E-state index contributed by atoms with van der Waals surface area (Å²) < 4.78 is 27.3. The van der Waals surface area contributed by atoms with Gasteiger partial charge in [0.2, 0.25) is 0 Å². The molecule has 1 aliphatic rings. The van der Waals surface area contributed by atoms with E-state index in [4.69, 9.17) is 5.11 Å². The van der Waals surface area contributed by atoms with Crippen molar-refractivity contribution >= 4 is 5.97 Å². The van der Waals surface area contributed by atoms with Crippen molar-refractivity contribution in [2.75, 3.05) is 0 Å². The third-order valence-corrected chi connectivity index (χ3v) is 3.51. The first-order valence-electron chi connectivity index (χ1n) is 6.22. The topological polar surface area (TPSA) is 37.3 Å². The van der Waals surface area contributed by atoms with Crippen LogP contribution in [0.15, 0.2) is 12.1 Å². The average Bonchev–Trinajstić information content (AvgIpc) is 3.13. The van der Waals surface area contributed by atoms with E-state index in [9.17, 15) is 13.6 Å². The van der Waals surface area contributed by atoms with Crippen LogP contribution >= 0.6 is 0 Å². The number of rotatable bonds is 5. The van der Waals surface area contributed by atoms with E-state index in [2.05, 4.69) is 0 Å². The molecule has 0 saturated heterocycles. The Kier molecular flexibility index (Phi) is 3.64. The largest absolute Gasteiger partial charge is 0.481 e. The Morgan fingerprint density at radius 3 is 2.61 bits per heavy atom. The lowest BCUT2D eigenvalue weighted by atomic mass is 9.89. The van der Waals surface area contributed by atoms with Crippen LogP contribution in [0.5, 0.6) is 0 Å². The quantitative estimate of drug-likeness (QED) is 0.873. The van der Waals surface area contributed by atoms with E-state index in [-0.39, 0.29) is 17.9 Å². The number of hydrogen-bond donors (Lipinski definition) is 1. The maximum Gasteiger partial charge on any atom is 0.303 e. The summed E-state index contributed by atoms with van der Waals surface area (Å²) in [5, 5.41) is 8.89. The van der Waals surface area contributed by atoms with Crippen molar-refractivity contribution in [3.63, 3.8) is 0 Å². The number of aliphatic carboxylic acids is 1. The first kappa shape index (κ1) is 13.0. The molecule has 1 aromatic rings. The number of halogens is 2. The first-order chi connectivity index (χ1) is 8.52. The van der Waals surface area contributed by atoms with Gasteiger partial charge in [0.05, 0.1) is 6.42 Å². The highest BCUT2D eigenvalue weighted by Gasteiger charge is 2.36.